The van der Waals surface area contributed by atoms with E-state index in [2.05, 4.69) is 5.16 Å². The van der Waals surface area contributed by atoms with E-state index in [9.17, 15) is 9.18 Å². The lowest BCUT2D eigenvalue weighted by Crippen LogP contribution is -2.33. The van der Waals surface area contributed by atoms with Gasteiger partial charge in [-0.05, 0) is 42.3 Å². The van der Waals surface area contributed by atoms with Crippen LogP contribution >= 0.6 is 0 Å². The van der Waals surface area contributed by atoms with Crippen LogP contribution in [0.25, 0.3) is 11.3 Å². The monoisotopic (exact) mass is 412 g/mol. The minimum absolute atomic E-state index is 0.229. The summed E-state index contributed by atoms with van der Waals surface area (Å²) in [5, 5.41) is 4.12. The quantitative estimate of drug-likeness (QED) is 0.532. The third-order valence-corrected chi connectivity index (χ3v) is 4.53. The molecule has 6 nitrogen and oxygen atoms in total. The van der Waals surface area contributed by atoms with Gasteiger partial charge in [0.1, 0.15) is 23.0 Å². The Kier molecular flexibility index (Phi) is 6.72. The molecular formula is C23H25FN2O4. The van der Waals surface area contributed by atoms with E-state index < -0.39 is 5.82 Å². The van der Waals surface area contributed by atoms with E-state index in [0.29, 0.717) is 40.6 Å². The SMILES string of the molecule is COc1ccc(OC)c(-c2cc(CN(CC(C)C)C(=O)c3cccc(F)c3)no2)c1. The van der Waals surface area contributed by atoms with Crippen molar-refractivity contribution in [2.75, 3.05) is 20.8 Å². The number of methoxy groups -OCH3 is 2. The Bertz CT molecular complexity index is 1020. The van der Waals surface area contributed by atoms with E-state index in [-0.39, 0.29) is 18.4 Å². The van der Waals surface area contributed by atoms with Crippen molar-refractivity contribution in [1.82, 2.24) is 10.1 Å². The lowest BCUT2D eigenvalue weighted by Gasteiger charge is -2.23. The van der Waals surface area contributed by atoms with Crippen molar-refractivity contribution in [3.63, 3.8) is 0 Å². The van der Waals surface area contributed by atoms with Crippen molar-refractivity contribution >= 4 is 5.91 Å². The van der Waals surface area contributed by atoms with Crippen LogP contribution in [0.1, 0.15) is 29.9 Å². The molecule has 2 aromatic carbocycles. The second-order valence-electron chi connectivity index (χ2n) is 7.34. The molecule has 0 saturated heterocycles. The summed E-state index contributed by atoms with van der Waals surface area (Å²) >= 11 is 0. The van der Waals surface area contributed by atoms with Crippen molar-refractivity contribution in [3.8, 4) is 22.8 Å². The van der Waals surface area contributed by atoms with Gasteiger partial charge in [0.05, 0.1) is 26.3 Å². The molecule has 1 aromatic heterocycles. The molecule has 7 heteroatoms. The first-order valence-corrected chi connectivity index (χ1v) is 9.64. The first-order valence-electron chi connectivity index (χ1n) is 9.64. The molecule has 0 N–H and O–H groups in total. The van der Waals surface area contributed by atoms with Crippen LogP contribution in [0.4, 0.5) is 4.39 Å². The van der Waals surface area contributed by atoms with E-state index in [1.165, 1.54) is 18.2 Å². The molecule has 0 radical (unpaired) electrons. The van der Waals surface area contributed by atoms with Gasteiger partial charge in [-0.3, -0.25) is 4.79 Å². The van der Waals surface area contributed by atoms with Crippen molar-refractivity contribution in [1.29, 1.82) is 0 Å². The molecule has 158 valence electrons. The molecule has 30 heavy (non-hydrogen) atoms. The van der Waals surface area contributed by atoms with Crippen LogP contribution in [-0.2, 0) is 6.54 Å². The zero-order valence-electron chi connectivity index (χ0n) is 17.5. The lowest BCUT2D eigenvalue weighted by molar-refractivity contribution is 0.0718. The highest BCUT2D eigenvalue weighted by atomic mass is 19.1. The van der Waals surface area contributed by atoms with E-state index in [1.807, 2.05) is 13.8 Å². The highest BCUT2D eigenvalue weighted by Crippen LogP contribution is 2.34. The number of carbonyl (C=O) groups is 1. The summed E-state index contributed by atoms with van der Waals surface area (Å²) in [4.78, 5) is 14.6. The van der Waals surface area contributed by atoms with E-state index >= 15 is 0 Å². The van der Waals surface area contributed by atoms with Gasteiger partial charge in [-0.15, -0.1) is 0 Å². The number of benzene rings is 2. The van der Waals surface area contributed by atoms with Gasteiger partial charge >= 0.3 is 0 Å². The summed E-state index contributed by atoms with van der Waals surface area (Å²) < 4.78 is 29.8. The maximum absolute atomic E-state index is 13.6. The fraction of sp³-hybridized carbons (Fsp3) is 0.304. The fourth-order valence-electron chi connectivity index (χ4n) is 3.18. The third kappa shape index (κ3) is 4.97. The zero-order valence-corrected chi connectivity index (χ0v) is 17.5. The predicted molar refractivity (Wildman–Crippen MR) is 111 cm³/mol. The van der Waals surface area contributed by atoms with Crippen molar-refractivity contribution in [2.24, 2.45) is 5.92 Å². The molecule has 0 bridgehead atoms. The van der Waals surface area contributed by atoms with Crippen LogP contribution in [0.5, 0.6) is 11.5 Å². The zero-order chi connectivity index (χ0) is 21.7. The molecule has 0 aliphatic rings. The van der Waals surface area contributed by atoms with E-state index in [0.717, 1.165) is 0 Å². The molecular weight excluding hydrogens is 387 g/mol. The number of carbonyl (C=O) groups excluding carboxylic acids is 1. The van der Waals surface area contributed by atoms with Crippen LogP contribution in [0.3, 0.4) is 0 Å². The lowest BCUT2D eigenvalue weighted by atomic mass is 10.1. The molecule has 0 unspecified atom stereocenters. The predicted octanol–water partition coefficient (Wildman–Crippen LogP) is 4.80. The summed E-state index contributed by atoms with van der Waals surface area (Å²) in [6.07, 6.45) is 0. The van der Waals surface area contributed by atoms with E-state index in [1.54, 1.807) is 49.5 Å². The molecule has 3 rings (SSSR count). The minimum Gasteiger partial charge on any atom is -0.497 e. The standard InChI is InChI=1S/C23H25FN2O4/c1-15(2)13-26(23(27)16-6-5-7-17(24)10-16)14-18-11-22(30-25-18)20-12-19(28-3)8-9-21(20)29-4/h5-12,15H,13-14H2,1-4H3. The Balaban J connectivity index is 1.87. The second kappa shape index (κ2) is 9.43. The third-order valence-electron chi connectivity index (χ3n) is 4.53. The Labute approximate surface area is 175 Å². The van der Waals surface area contributed by atoms with Crippen LogP contribution in [-0.4, -0.2) is 36.7 Å². The number of nitrogens with zero attached hydrogens (tertiary/aromatic N) is 2. The molecule has 0 spiro atoms. The summed E-state index contributed by atoms with van der Waals surface area (Å²) in [5.41, 5.74) is 1.58. The summed E-state index contributed by atoms with van der Waals surface area (Å²) in [5.74, 6) is 1.31. The summed E-state index contributed by atoms with van der Waals surface area (Å²) in [6.45, 7) is 4.77. The number of rotatable bonds is 8. The van der Waals surface area contributed by atoms with Crippen molar-refractivity contribution in [2.45, 2.75) is 20.4 Å². The number of halogens is 1. The van der Waals surface area contributed by atoms with Gasteiger partial charge in [-0.1, -0.05) is 25.1 Å². The fourth-order valence-corrected chi connectivity index (χ4v) is 3.18. The molecule has 3 aromatic rings. The van der Waals surface area contributed by atoms with Gasteiger partial charge < -0.3 is 18.9 Å². The molecule has 0 fully saturated rings. The highest BCUT2D eigenvalue weighted by Gasteiger charge is 2.21. The van der Waals surface area contributed by atoms with Crippen LogP contribution in [0, 0.1) is 11.7 Å². The molecule has 0 saturated carbocycles. The maximum atomic E-state index is 13.6. The van der Waals surface area contributed by atoms with E-state index in [4.69, 9.17) is 14.0 Å². The number of hydrogen-bond donors (Lipinski definition) is 0. The van der Waals surface area contributed by atoms with Crippen LogP contribution in [0.15, 0.2) is 53.1 Å². The Morgan fingerprint density at radius 3 is 2.60 bits per heavy atom. The molecule has 1 heterocycles. The summed E-state index contributed by atoms with van der Waals surface area (Å²) in [7, 11) is 3.16. The number of amides is 1. The number of hydrogen-bond acceptors (Lipinski definition) is 5. The van der Waals surface area contributed by atoms with Crippen molar-refractivity contribution in [3.05, 3.63) is 65.6 Å². The van der Waals surface area contributed by atoms with Gasteiger partial charge in [0, 0.05) is 18.2 Å². The average Bonchev–Trinajstić information content (AvgIpc) is 3.20. The van der Waals surface area contributed by atoms with Gasteiger partial charge in [-0.2, -0.15) is 0 Å². The van der Waals surface area contributed by atoms with Gasteiger partial charge in [0.15, 0.2) is 5.76 Å². The largest absolute Gasteiger partial charge is 0.497 e. The topological polar surface area (TPSA) is 64.8 Å². The van der Waals surface area contributed by atoms with Gasteiger partial charge in [0.25, 0.3) is 5.91 Å². The van der Waals surface area contributed by atoms with Crippen LogP contribution < -0.4 is 9.47 Å². The second-order valence-corrected chi connectivity index (χ2v) is 7.34. The van der Waals surface area contributed by atoms with Gasteiger partial charge in [0.2, 0.25) is 0 Å². The molecule has 0 aliphatic heterocycles. The van der Waals surface area contributed by atoms with Crippen molar-refractivity contribution < 1.29 is 23.2 Å². The Hall–Kier alpha value is -3.35. The summed E-state index contributed by atoms with van der Waals surface area (Å²) in [6, 6.07) is 12.8. The minimum atomic E-state index is -0.445. The average molecular weight is 412 g/mol. The molecule has 0 aliphatic carbocycles. The first kappa shape index (κ1) is 21.4. The number of aromatic nitrogens is 1. The Morgan fingerprint density at radius 2 is 1.93 bits per heavy atom. The van der Waals surface area contributed by atoms with Gasteiger partial charge in [-0.25, -0.2) is 4.39 Å². The normalized spacial score (nSPS) is 10.9. The number of ether oxygens (including phenoxy) is 2. The smallest absolute Gasteiger partial charge is 0.254 e. The molecule has 0 atom stereocenters. The highest BCUT2D eigenvalue weighted by molar-refractivity contribution is 5.94. The van der Waals surface area contributed by atoms with Crippen LogP contribution in [0.2, 0.25) is 0 Å². The maximum Gasteiger partial charge on any atom is 0.254 e. The Morgan fingerprint density at radius 1 is 1.13 bits per heavy atom. The molecule has 1 amide bonds. The first-order chi connectivity index (χ1) is 14.4.